The van der Waals surface area contributed by atoms with Gasteiger partial charge in [-0.25, -0.2) is 0 Å². The van der Waals surface area contributed by atoms with Gasteiger partial charge in [0, 0.05) is 31.6 Å². The van der Waals surface area contributed by atoms with E-state index < -0.39 is 5.97 Å². The summed E-state index contributed by atoms with van der Waals surface area (Å²) in [6.45, 7) is 1.61. The van der Waals surface area contributed by atoms with Crippen molar-refractivity contribution < 1.29 is 9.90 Å². The van der Waals surface area contributed by atoms with Crippen LogP contribution in [0, 0.1) is 11.3 Å². The number of nitriles is 1. The molecule has 102 valence electrons. The lowest BCUT2D eigenvalue weighted by atomic mass is 10.2. The SMILES string of the molecule is N#CCCCCN(CCCC(=O)O)c1ccccc1. The fourth-order valence-corrected chi connectivity index (χ4v) is 1.94. The van der Waals surface area contributed by atoms with Crippen LogP contribution in [0.15, 0.2) is 30.3 Å². The minimum Gasteiger partial charge on any atom is -0.481 e. The number of nitrogens with zero attached hydrogens (tertiary/aromatic N) is 2. The monoisotopic (exact) mass is 260 g/mol. The van der Waals surface area contributed by atoms with E-state index in [-0.39, 0.29) is 6.42 Å². The summed E-state index contributed by atoms with van der Waals surface area (Å²) in [5, 5.41) is 17.2. The van der Waals surface area contributed by atoms with Gasteiger partial charge in [-0.1, -0.05) is 18.2 Å². The maximum Gasteiger partial charge on any atom is 0.303 e. The van der Waals surface area contributed by atoms with Crippen molar-refractivity contribution in [2.24, 2.45) is 0 Å². The molecule has 0 spiro atoms. The molecule has 0 bridgehead atoms. The molecule has 0 fully saturated rings. The third-order valence-corrected chi connectivity index (χ3v) is 2.91. The number of benzene rings is 1. The van der Waals surface area contributed by atoms with Gasteiger partial charge >= 0.3 is 5.97 Å². The molecule has 1 aromatic carbocycles. The Balaban J connectivity index is 2.48. The van der Waals surface area contributed by atoms with E-state index >= 15 is 0 Å². The second-order valence-electron chi connectivity index (χ2n) is 4.44. The first-order valence-corrected chi connectivity index (χ1v) is 6.63. The highest BCUT2D eigenvalue weighted by Crippen LogP contribution is 2.15. The Labute approximate surface area is 114 Å². The number of hydrogen-bond donors (Lipinski definition) is 1. The van der Waals surface area contributed by atoms with Crippen LogP contribution in [0.5, 0.6) is 0 Å². The van der Waals surface area contributed by atoms with Crippen LogP contribution in [0.4, 0.5) is 5.69 Å². The Bertz CT molecular complexity index is 412. The summed E-state index contributed by atoms with van der Waals surface area (Å²) >= 11 is 0. The summed E-state index contributed by atoms with van der Waals surface area (Å²) < 4.78 is 0. The lowest BCUT2D eigenvalue weighted by Gasteiger charge is -2.24. The van der Waals surface area contributed by atoms with E-state index in [4.69, 9.17) is 10.4 Å². The van der Waals surface area contributed by atoms with Crippen LogP contribution in [0.3, 0.4) is 0 Å². The zero-order valence-corrected chi connectivity index (χ0v) is 11.1. The highest BCUT2D eigenvalue weighted by Gasteiger charge is 2.06. The number of unbranched alkanes of at least 4 members (excludes halogenated alkanes) is 2. The number of carboxylic acid groups (broad SMARTS) is 1. The summed E-state index contributed by atoms with van der Waals surface area (Å²) in [5.41, 5.74) is 1.12. The second kappa shape index (κ2) is 8.98. The molecule has 0 aliphatic heterocycles. The molecule has 0 saturated heterocycles. The molecule has 1 N–H and O–H groups in total. The lowest BCUT2D eigenvalue weighted by Crippen LogP contribution is -2.26. The third-order valence-electron chi connectivity index (χ3n) is 2.91. The average Bonchev–Trinajstić information content (AvgIpc) is 2.42. The van der Waals surface area contributed by atoms with Crippen molar-refractivity contribution in [3.63, 3.8) is 0 Å². The standard InChI is InChI=1S/C15H20N2O2/c16-11-5-2-6-12-17(13-7-10-15(18)19)14-8-3-1-4-9-14/h1,3-4,8-9H,2,5-7,10,12-13H2,(H,18,19). The predicted octanol–water partition coefficient (Wildman–Crippen LogP) is 3.05. The topological polar surface area (TPSA) is 64.3 Å². The van der Waals surface area contributed by atoms with E-state index in [9.17, 15) is 4.79 Å². The van der Waals surface area contributed by atoms with Gasteiger partial charge in [-0.05, 0) is 31.4 Å². The second-order valence-corrected chi connectivity index (χ2v) is 4.44. The quantitative estimate of drug-likeness (QED) is 0.693. The predicted molar refractivity (Wildman–Crippen MR) is 75.0 cm³/mol. The number of carboxylic acids is 1. The van der Waals surface area contributed by atoms with Crippen LogP contribution < -0.4 is 4.90 Å². The molecule has 0 saturated carbocycles. The molecular formula is C15H20N2O2. The van der Waals surface area contributed by atoms with Gasteiger partial charge in [-0.15, -0.1) is 0 Å². The van der Waals surface area contributed by atoms with Gasteiger partial charge in [0.2, 0.25) is 0 Å². The van der Waals surface area contributed by atoms with Crippen molar-refractivity contribution in [3.05, 3.63) is 30.3 Å². The number of anilines is 1. The van der Waals surface area contributed by atoms with Crippen molar-refractivity contribution in [1.82, 2.24) is 0 Å². The zero-order valence-electron chi connectivity index (χ0n) is 11.1. The zero-order chi connectivity index (χ0) is 13.9. The van der Waals surface area contributed by atoms with Gasteiger partial charge < -0.3 is 10.0 Å². The third kappa shape index (κ3) is 6.46. The molecule has 0 amide bonds. The Hall–Kier alpha value is -2.02. The van der Waals surface area contributed by atoms with Gasteiger partial charge in [0.05, 0.1) is 6.07 Å². The molecule has 0 atom stereocenters. The molecule has 4 nitrogen and oxygen atoms in total. The van der Waals surface area contributed by atoms with Crippen molar-refractivity contribution in [2.75, 3.05) is 18.0 Å². The first-order chi connectivity index (χ1) is 9.24. The minimum atomic E-state index is -0.752. The summed E-state index contributed by atoms with van der Waals surface area (Å²) in [6, 6.07) is 12.1. The molecule has 0 heterocycles. The van der Waals surface area contributed by atoms with Gasteiger partial charge in [0.1, 0.15) is 0 Å². The van der Waals surface area contributed by atoms with Crippen LogP contribution in [-0.2, 0) is 4.79 Å². The molecule has 1 aromatic rings. The average molecular weight is 260 g/mol. The van der Waals surface area contributed by atoms with Crippen LogP contribution in [0.1, 0.15) is 32.1 Å². The molecular weight excluding hydrogens is 240 g/mol. The molecule has 4 heteroatoms. The minimum absolute atomic E-state index is 0.196. The molecule has 0 aromatic heterocycles. The van der Waals surface area contributed by atoms with E-state index in [0.29, 0.717) is 12.8 Å². The summed E-state index contributed by atoms with van der Waals surface area (Å²) in [7, 11) is 0. The van der Waals surface area contributed by atoms with E-state index in [2.05, 4.69) is 11.0 Å². The molecule has 19 heavy (non-hydrogen) atoms. The van der Waals surface area contributed by atoms with E-state index in [1.165, 1.54) is 0 Å². The fourth-order valence-electron chi connectivity index (χ4n) is 1.94. The summed E-state index contributed by atoms with van der Waals surface area (Å²) in [4.78, 5) is 12.8. The summed E-state index contributed by atoms with van der Waals surface area (Å²) in [5.74, 6) is -0.752. The van der Waals surface area contributed by atoms with E-state index in [1.807, 2.05) is 30.3 Å². The van der Waals surface area contributed by atoms with E-state index in [1.54, 1.807) is 0 Å². The number of rotatable bonds is 9. The normalized spacial score (nSPS) is 9.84. The molecule has 1 rings (SSSR count). The molecule has 0 radical (unpaired) electrons. The number of hydrogen-bond acceptors (Lipinski definition) is 3. The first kappa shape index (κ1) is 15.0. The number of carbonyl (C=O) groups is 1. The Morgan fingerprint density at radius 1 is 1.16 bits per heavy atom. The summed E-state index contributed by atoms with van der Waals surface area (Å²) in [6.07, 6.45) is 3.26. The van der Waals surface area contributed by atoms with Gasteiger partial charge in [0.15, 0.2) is 0 Å². The van der Waals surface area contributed by atoms with Crippen molar-refractivity contribution in [3.8, 4) is 6.07 Å². The van der Waals surface area contributed by atoms with Gasteiger partial charge in [-0.3, -0.25) is 4.79 Å². The number of para-hydroxylation sites is 1. The van der Waals surface area contributed by atoms with Gasteiger partial charge in [-0.2, -0.15) is 5.26 Å². The molecule has 0 unspecified atom stereocenters. The molecule has 0 aliphatic rings. The largest absolute Gasteiger partial charge is 0.481 e. The maximum absolute atomic E-state index is 10.6. The molecule has 0 aliphatic carbocycles. The maximum atomic E-state index is 10.6. The van der Waals surface area contributed by atoms with Crippen LogP contribution >= 0.6 is 0 Å². The fraction of sp³-hybridized carbons (Fsp3) is 0.467. The smallest absolute Gasteiger partial charge is 0.303 e. The lowest BCUT2D eigenvalue weighted by molar-refractivity contribution is -0.137. The van der Waals surface area contributed by atoms with Crippen molar-refractivity contribution in [1.29, 1.82) is 5.26 Å². The number of aliphatic carboxylic acids is 1. The van der Waals surface area contributed by atoms with Crippen LogP contribution in [0.2, 0.25) is 0 Å². The Morgan fingerprint density at radius 3 is 2.47 bits per heavy atom. The Kier molecular flexibility index (Phi) is 7.11. The van der Waals surface area contributed by atoms with Gasteiger partial charge in [0.25, 0.3) is 0 Å². The first-order valence-electron chi connectivity index (χ1n) is 6.63. The highest BCUT2D eigenvalue weighted by molar-refractivity contribution is 5.66. The van der Waals surface area contributed by atoms with Crippen molar-refractivity contribution in [2.45, 2.75) is 32.1 Å². The Morgan fingerprint density at radius 2 is 1.84 bits per heavy atom. The highest BCUT2D eigenvalue weighted by atomic mass is 16.4. The van der Waals surface area contributed by atoms with Crippen molar-refractivity contribution >= 4 is 11.7 Å². The van der Waals surface area contributed by atoms with E-state index in [0.717, 1.165) is 31.6 Å². The van der Waals surface area contributed by atoms with Crippen LogP contribution in [0.25, 0.3) is 0 Å². The van der Waals surface area contributed by atoms with Crippen LogP contribution in [-0.4, -0.2) is 24.2 Å².